The average molecular weight is 350 g/mol. The van der Waals surface area contributed by atoms with Crippen molar-refractivity contribution in [3.63, 3.8) is 0 Å². The van der Waals surface area contributed by atoms with Crippen molar-refractivity contribution in [2.24, 2.45) is 5.92 Å². The molecular weight excluding hydrogens is 327 g/mol. The first kappa shape index (κ1) is 21.5. The lowest BCUT2D eigenvalue weighted by Crippen LogP contribution is -2.35. The second-order valence-electron chi connectivity index (χ2n) is 5.62. The summed E-state index contributed by atoms with van der Waals surface area (Å²) in [6, 6.07) is 0. The van der Waals surface area contributed by atoms with E-state index in [1.807, 2.05) is 0 Å². The number of hydrogen-bond acceptors (Lipinski definition) is 3. The van der Waals surface area contributed by atoms with Crippen LogP contribution in [0.4, 0.5) is 22.0 Å². The summed E-state index contributed by atoms with van der Waals surface area (Å²) >= 11 is 1.12. The Morgan fingerprint density at radius 1 is 1.14 bits per heavy atom. The van der Waals surface area contributed by atoms with Gasteiger partial charge in [0.25, 0.3) is 12.3 Å². The fourth-order valence-corrected chi connectivity index (χ4v) is 2.81. The summed E-state index contributed by atoms with van der Waals surface area (Å²) in [6.07, 6.45) is -8.58. The van der Waals surface area contributed by atoms with Crippen LogP contribution < -0.4 is 0 Å². The first-order valence-corrected chi connectivity index (χ1v) is 8.16. The maximum atomic E-state index is 13.1. The molecule has 0 spiro atoms. The molecule has 0 aromatic heterocycles. The topological polar surface area (TPSA) is 26.3 Å². The van der Waals surface area contributed by atoms with Crippen molar-refractivity contribution in [3.8, 4) is 0 Å². The molecule has 8 heteroatoms. The van der Waals surface area contributed by atoms with E-state index >= 15 is 0 Å². The lowest BCUT2D eigenvalue weighted by atomic mass is 10.1. The highest BCUT2D eigenvalue weighted by atomic mass is 32.2. The predicted molar refractivity (Wildman–Crippen MR) is 77.4 cm³/mol. The normalized spacial score (nSPS) is 15.5. The van der Waals surface area contributed by atoms with Crippen molar-refractivity contribution in [1.29, 1.82) is 0 Å². The molecule has 0 aliphatic heterocycles. The summed E-state index contributed by atoms with van der Waals surface area (Å²) in [5, 5.41) is -0.521. The maximum Gasteiger partial charge on any atom is 0.319 e. The van der Waals surface area contributed by atoms with Crippen LogP contribution in [0.1, 0.15) is 40.5 Å². The molecule has 0 N–H and O–H groups in total. The van der Waals surface area contributed by atoms with Crippen LogP contribution in [0, 0.1) is 5.92 Å². The Kier molecular flexibility index (Phi) is 9.34. The van der Waals surface area contributed by atoms with E-state index in [1.165, 1.54) is 0 Å². The van der Waals surface area contributed by atoms with Crippen molar-refractivity contribution in [2.75, 3.05) is 5.75 Å². The molecule has 2 atom stereocenters. The van der Waals surface area contributed by atoms with Gasteiger partial charge in [0.2, 0.25) is 6.17 Å². The molecule has 0 aliphatic carbocycles. The Labute approximate surface area is 132 Å². The lowest BCUT2D eigenvalue weighted by Gasteiger charge is -2.22. The van der Waals surface area contributed by atoms with Crippen LogP contribution in [0.15, 0.2) is 0 Å². The SMILES string of the molecule is CC(C)OC(=O)C(SCCCC(F)(F)C(F)C(F)F)C(C)C. The van der Waals surface area contributed by atoms with E-state index in [0.717, 1.165) is 11.8 Å². The van der Waals surface area contributed by atoms with Gasteiger partial charge in [-0.2, -0.15) is 0 Å². The number of alkyl halides is 5. The molecule has 0 saturated heterocycles. The largest absolute Gasteiger partial charge is 0.462 e. The van der Waals surface area contributed by atoms with Crippen LogP contribution in [-0.2, 0) is 9.53 Å². The third-order valence-electron chi connectivity index (χ3n) is 2.77. The Bertz CT molecular complexity index is 337. The Hall–Kier alpha value is -0.530. The molecule has 0 aliphatic rings. The van der Waals surface area contributed by atoms with Gasteiger partial charge in [-0.3, -0.25) is 4.79 Å². The number of carbonyl (C=O) groups is 1. The Morgan fingerprint density at radius 2 is 1.68 bits per heavy atom. The van der Waals surface area contributed by atoms with Crippen molar-refractivity contribution in [2.45, 2.75) is 70.4 Å². The number of halogens is 5. The van der Waals surface area contributed by atoms with Gasteiger partial charge < -0.3 is 4.74 Å². The second-order valence-corrected chi connectivity index (χ2v) is 6.87. The third kappa shape index (κ3) is 7.65. The van der Waals surface area contributed by atoms with Gasteiger partial charge in [-0.1, -0.05) is 13.8 Å². The summed E-state index contributed by atoms with van der Waals surface area (Å²) in [7, 11) is 0. The smallest absolute Gasteiger partial charge is 0.319 e. The van der Waals surface area contributed by atoms with E-state index in [1.54, 1.807) is 27.7 Å². The van der Waals surface area contributed by atoms with Gasteiger partial charge in [0.05, 0.1) is 6.10 Å². The van der Waals surface area contributed by atoms with Gasteiger partial charge in [-0.25, -0.2) is 22.0 Å². The zero-order chi connectivity index (χ0) is 17.5. The monoisotopic (exact) mass is 350 g/mol. The summed E-state index contributed by atoms with van der Waals surface area (Å²) in [5.74, 6) is -4.41. The van der Waals surface area contributed by atoms with Gasteiger partial charge in [-0.05, 0) is 31.9 Å². The fraction of sp³-hybridized carbons (Fsp3) is 0.929. The van der Waals surface area contributed by atoms with Gasteiger partial charge in [0.1, 0.15) is 5.25 Å². The zero-order valence-electron chi connectivity index (χ0n) is 13.1. The van der Waals surface area contributed by atoms with Crippen molar-refractivity contribution in [1.82, 2.24) is 0 Å². The molecule has 0 saturated carbocycles. The van der Waals surface area contributed by atoms with Crippen LogP contribution in [0.5, 0.6) is 0 Å². The second kappa shape index (κ2) is 9.57. The number of ether oxygens (including phenoxy) is 1. The highest BCUT2D eigenvalue weighted by molar-refractivity contribution is 8.00. The summed E-state index contributed by atoms with van der Waals surface area (Å²) in [6.45, 7) is 6.99. The Morgan fingerprint density at radius 3 is 2.09 bits per heavy atom. The molecule has 0 rings (SSSR count). The fourth-order valence-electron chi connectivity index (χ4n) is 1.67. The molecule has 0 fully saturated rings. The van der Waals surface area contributed by atoms with Crippen molar-refractivity contribution in [3.05, 3.63) is 0 Å². The molecule has 0 bridgehead atoms. The van der Waals surface area contributed by atoms with E-state index in [-0.39, 0.29) is 24.2 Å². The Balaban J connectivity index is 4.33. The highest BCUT2D eigenvalue weighted by Gasteiger charge is 2.45. The summed E-state index contributed by atoms with van der Waals surface area (Å²) in [5.41, 5.74) is 0. The maximum absolute atomic E-state index is 13.1. The molecule has 0 aromatic rings. The molecule has 0 heterocycles. The molecule has 0 aromatic carbocycles. The summed E-state index contributed by atoms with van der Waals surface area (Å²) in [4.78, 5) is 11.8. The molecule has 132 valence electrons. The van der Waals surface area contributed by atoms with Crippen LogP contribution >= 0.6 is 11.8 Å². The van der Waals surface area contributed by atoms with E-state index in [0.29, 0.717) is 0 Å². The van der Waals surface area contributed by atoms with Gasteiger partial charge in [0.15, 0.2) is 0 Å². The zero-order valence-corrected chi connectivity index (χ0v) is 13.9. The predicted octanol–water partition coefficient (Wildman–Crippen LogP) is 4.71. The molecule has 2 unspecified atom stereocenters. The summed E-state index contributed by atoms with van der Waals surface area (Å²) < 4.78 is 68.0. The standard InChI is InChI=1S/C14H23F5O2S/c1-8(2)10(13(20)21-9(3)4)22-7-5-6-14(18,19)11(15)12(16)17/h8-12H,5-7H2,1-4H3. The number of esters is 1. The number of carbonyl (C=O) groups excluding carboxylic acids is 1. The van der Waals surface area contributed by atoms with Crippen molar-refractivity contribution >= 4 is 17.7 Å². The van der Waals surface area contributed by atoms with E-state index < -0.39 is 36.2 Å². The third-order valence-corrected chi connectivity index (χ3v) is 4.39. The van der Waals surface area contributed by atoms with Crippen molar-refractivity contribution < 1.29 is 31.5 Å². The molecule has 0 radical (unpaired) electrons. The molecule has 22 heavy (non-hydrogen) atoms. The minimum atomic E-state index is -4.06. The van der Waals surface area contributed by atoms with Gasteiger partial charge >= 0.3 is 5.97 Å². The first-order chi connectivity index (χ1) is 9.99. The van der Waals surface area contributed by atoms with Crippen LogP contribution in [0.25, 0.3) is 0 Å². The van der Waals surface area contributed by atoms with Crippen LogP contribution in [0.3, 0.4) is 0 Å². The molecule has 2 nitrogen and oxygen atoms in total. The van der Waals surface area contributed by atoms with Gasteiger partial charge in [0, 0.05) is 6.42 Å². The number of thioether (sulfide) groups is 1. The van der Waals surface area contributed by atoms with Crippen LogP contribution in [0.2, 0.25) is 0 Å². The van der Waals surface area contributed by atoms with E-state index in [4.69, 9.17) is 4.74 Å². The highest BCUT2D eigenvalue weighted by Crippen LogP contribution is 2.32. The number of rotatable bonds is 10. The quantitative estimate of drug-likeness (QED) is 0.324. The van der Waals surface area contributed by atoms with Gasteiger partial charge in [-0.15, -0.1) is 11.8 Å². The van der Waals surface area contributed by atoms with E-state index in [2.05, 4.69) is 0 Å². The first-order valence-electron chi connectivity index (χ1n) is 7.11. The van der Waals surface area contributed by atoms with Crippen LogP contribution in [-0.4, -0.2) is 41.6 Å². The minimum Gasteiger partial charge on any atom is -0.462 e. The molecular formula is C14H23F5O2S. The molecule has 0 amide bonds. The van der Waals surface area contributed by atoms with E-state index in [9.17, 15) is 26.7 Å². The number of hydrogen-bond donors (Lipinski definition) is 0. The average Bonchev–Trinajstić information content (AvgIpc) is 2.35. The lowest BCUT2D eigenvalue weighted by molar-refractivity contribution is -0.147. The minimum absolute atomic E-state index is 0.0632.